The van der Waals surface area contributed by atoms with Crippen molar-refractivity contribution in [1.29, 1.82) is 0 Å². The molecule has 7 nitrogen and oxygen atoms in total. The van der Waals surface area contributed by atoms with E-state index in [2.05, 4.69) is 17.9 Å². The monoisotopic (exact) mass is 194 g/mol. The molecule has 0 saturated carbocycles. The molecule has 0 aromatic rings. The van der Waals surface area contributed by atoms with Crippen molar-refractivity contribution in [1.82, 2.24) is 0 Å². The molecule has 0 atom stereocenters. The first kappa shape index (κ1) is 17.6. The highest BCUT2D eigenvalue weighted by molar-refractivity contribution is 5.69. The molecule has 8 N–H and O–H groups in total. The molecular weight excluding hydrogens is 180 g/mol. The first-order chi connectivity index (χ1) is 5.95. The minimum Gasteiger partial charge on any atom is -0.462 e. The highest BCUT2D eigenvalue weighted by Crippen LogP contribution is 1.71. The van der Waals surface area contributed by atoms with Crippen LogP contribution in [0, 0.1) is 12.5 Å². The molecule has 0 radical (unpaired) electrons. The third kappa shape index (κ3) is 121. The van der Waals surface area contributed by atoms with Crippen LogP contribution in [0.3, 0.4) is 0 Å². The summed E-state index contributed by atoms with van der Waals surface area (Å²) < 4.78 is 0. The van der Waals surface area contributed by atoms with E-state index in [1.165, 1.54) is 6.11 Å². The maximum atomic E-state index is 9.00. The molecule has 0 fully saturated rings. The van der Waals surface area contributed by atoms with Gasteiger partial charge in [0.25, 0.3) is 0 Å². The summed E-state index contributed by atoms with van der Waals surface area (Å²) in [5, 5.41) is 31.1. The van der Waals surface area contributed by atoms with E-state index < -0.39 is 12.1 Å². The molecule has 13 heavy (non-hydrogen) atoms. The van der Waals surface area contributed by atoms with E-state index in [0.717, 1.165) is 0 Å². The number of primary amides is 2. The van der Waals surface area contributed by atoms with Crippen LogP contribution in [0.4, 0.5) is 4.79 Å². The summed E-state index contributed by atoms with van der Waals surface area (Å²) in [6.45, 7) is -0.729. The molecular formula is C6H14N2O5. The molecule has 7 heteroatoms. The number of hydrogen-bond acceptors (Lipinski definition) is 5. The molecule has 0 heterocycles. The van der Waals surface area contributed by atoms with E-state index in [4.69, 9.17) is 25.2 Å². The Morgan fingerprint density at radius 1 is 1.38 bits per heavy atom. The van der Waals surface area contributed by atoms with E-state index in [-0.39, 0.29) is 13.2 Å². The number of carbonyl (C=O) groups excluding carboxylic acids is 1. The van der Waals surface area contributed by atoms with Crippen molar-refractivity contribution in [3.63, 3.8) is 0 Å². The van der Waals surface area contributed by atoms with Crippen molar-refractivity contribution >= 4 is 6.03 Å². The number of aliphatic hydroxyl groups is 4. The minimum atomic E-state index is -0.954. The smallest absolute Gasteiger partial charge is 0.309 e. The van der Waals surface area contributed by atoms with Crippen molar-refractivity contribution in [3.05, 3.63) is 0 Å². The second-order valence-corrected chi connectivity index (χ2v) is 1.55. The van der Waals surface area contributed by atoms with Gasteiger partial charge in [-0.15, -0.1) is 0 Å². The zero-order valence-corrected chi connectivity index (χ0v) is 6.92. The quantitative estimate of drug-likeness (QED) is 0.264. The molecule has 78 valence electrons. The zero-order valence-electron chi connectivity index (χ0n) is 6.92. The summed E-state index contributed by atoms with van der Waals surface area (Å²) in [6, 6.07) is -0.833. The molecule has 2 amide bonds. The molecule has 0 aliphatic rings. The van der Waals surface area contributed by atoms with Gasteiger partial charge in [-0.05, 0) is 0 Å². The lowest BCUT2D eigenvalue weighted by Gasteiger charge is -1.96. The number of amides is 2. The number of nitrogens with two attached hydrogens (primary N) is 2. The molecule has 0 bridgehead atoms. The third-order valence-electron chi connectivity index (χ3n) is 0.421. The van der Waals surface area contributed by atoms with Crippen LogP contribution in [0.25, 0.3) is 0 Å². The van der Waals surface area contributed by atoms with Crippen LogP contribution in [-0.2, 0) is 0 Å². The van der Waals surface area contributed by atoms with Crippen molar-refractivity contribution in [3.8, 4) is 12.5 Å². The summed E-state index contributed by atoms with van der Waals surface area (Å²) >= 11 is 0. The van der Waals surface area contributed by atoms with Crippen molar-refractivity contribution in [2.45, 2.75) is 6.10 Å². The van der Waals surface area contributed by atoms with Gasteiger partial charge in [-0.1, -0.05) is 6.42 Å². The maximum absolute atomic E-state index is 9.00. The lowest BCUT2D eigenvalue weighted by molar-refractivity contribution is 0.0450. The lowest BCUT2D eigenvalue weighted by atomic mass is 10.4. The van der Waals surface area contributed by atoms with Gasteiger partial charge in [0, 0.05) is 0 Å². The Hall–Kier alpha value is -1.49. The largest absolute Gasteiger partial charge is 0.462 e. The summed E-state index contributed by atoms with van der Waals surface area (Å²) in [5.41, 5.74) is 8.50. The third-order valence-corrected chi connectivity index (χ3v) is 0.421. The molecule has 0 spiro atoms. The minimum absolute atomic E-state index is 0.365. The Morgan fingerprint density at radius 2 is 1.54 bits per heavy atom. The Kier molecular flexibility index (Phi) is 22.8. The number of aliphatic hydroxyl groups excluding tert-OH is 4. The van der Waals surface area contributed by atoms with Crippen LogP contribution in [0.1, 0.15) is 0 Å². The molecule has 0 aromatic carbocycles. The van der Waals surface area contributed by atoms with Gasteiger partial charge in [0.05, 0.1) is 13.2 Å². The van der Waals surface area contributed by atoms with Gasteiger partial charge < -0.3 is 31.9 Å². The molecule has 0 aliphatic carbocycles. The average Bonchev–Trinajstić information content (AvgIpc) is 2.03. The normalized spacial score (nSPS) is 7.00. The van der Waals surface area contributed by atoms with Crippen LogP contribution < -0.4 is 11.5 Å². The van der Waals surface area contributed by atoms with Gasteiger partial charge >= 0.3 is 6.03 Å². The number of terminal acetylenes is 1. The fourth-order valence-corrected chi connectivity index (χ4v) is 0.0577. The maximum Gasteiger partial charge on any atom is 0.309 e. The Morgan fingerprint density at radius 3 is 1.54 bits per heavy atom. The highest BCUT2D eigenvalue weighted by Gasteiger charge is 1.93. The number of carbonyl (C=O) groups is 1. The summed E-state index contributed by atoms with van der Waals surface area (Å²) in [7, 11) is 0. The average molecular weight is 194 g/mol. The van der Waals surface area contributed by atoms with Crippen molar-refractivity contribution in [2.24, 2.45) is 11.5 Å². The van der Waals surface area contributed by atoms with Gasteiger partial charge in [-0.25, -0.2) is 4.79 Å². The van der Waals surface area contributed by atoms with Crippen molar-refractivity contribution in [2.75, 3.05) is 13.2 Å². The molecule has 0 aromatic heterocycles. The summed E-state index contributed by atoms with van der Waals surface area (Å²) in [6.07, 6.45) is 4.45. The fraction of sp³-hybridized carbons (Fsp3) is 0.500. The molecule has 0 unspecified atom stereocenters. The Balaban J connectivity index is -0.000000125. The van der Waals surface area contributed by atoms with Gasteiger partial charge in [-0.2, -0.15) is 0 Å². The first-order valence-electron chi connectivity index (χ1n) is 3.00. The fourth-order valence-electron chi connectivity index (χ4n) is 0.0577. The first-order valence-corrected chi connectivity index (χ1v) is 3.00. The standard InChI is InChI=1S/C3H8O3.C2H2O.CH4N2O/c4-1-3(6)2-5;1-2-3;2-1(3)4/h3-6H,1-2H2;1,3H;(H4,2,3,4). The van der Waals surface area contributed by atoms with Crippen LogP contribution in [0.5, 0.6) is 0 Å². The van der Waals surface area contributed by atoms with Crippen LogP contribution in [-0.4, -0.2) is 45.8 Å². The Labute approximate surface area is 75.6 Å². The van der Waals surface area contributed by atoms with Crippen LogP contribution in [0.2, 0.25) is 0 Å². The van der Waals surface area contributed by atoms with Gasteiger partial charge in [0.1, 0.15) is 12.2 Å². The Bertz CT molecular complexity index is 136. The van der Waals surface area contributed by atoms with E-state index >= 15 is 0 Å². The van der Waals surface area contributed by atoms with Crippen LogP contribution in [0.15, 0.2) is 0 Å². The van der Waals surface area contributed by atoms with E-state index in [1.54, 1.807) is 0 Å². The number of hydrogen-bond donors (Lipinski definition) is 6. The topological polar surface area (TPSA) is 150 Å². The van der Waals surface area contributed by atoms with Crippen LogP contribution >= 0.6 is 0 Å². The second kappa shape index (κ2) is 16.9. The SMILES string of the molecule is C#CO.NC(N)=O.OCC(O)CO. The number of urea groups is 1. The van der Waals surface area contributed by atoms with Gasteiger partial charge in [0.15, 0.2) is 0 Å². The van der Waals surface area contributed by atoms with Gasteiger partial charge in [0.2, 0.25) is 0 Å². The van der Waals surface area contributed by atoms with Gasteiger partial charge in [-0.3, -0.25) is 0 Å². The second-order valence-electron chi connectivity index (χ2n) is 1.55. The van der Waals surface area contributed by atoms with E-state index in [0.29, 0.717) is 0 Å². The predicted octanol–water partition coefficient (Wildman–Crippen LogP) is -2.69. The predicted molar refractivity (Wildman–Crippen MR) is 44.7 cm³/mol. The summed E-state index contributed by atoms with van der Waals surface area (Å²) in [5.74, 6) is 0. The molecule has 0 aliphatic heterocycles. The van der Waals surface area contributed by atoms with E-state index in [1.807, 2.05) is 0 Å². The molecule has 0 saturated heterocycles. The number of rotatable bonds is 2. The zero-order chi connectivity index (χ0) is 11.3. The van der Waals surface area contributed by atoms with E-state index in [9.17, 15) is 0 Å². The lowest BCUT2D eigenvalue weighted by Crippen LogP contribution is -2.18. The summed E-state index contributed by atoms with van der Waals surface area (Å²) in [4.78, 5) is 9.00. The molecule has 0 rings (SSSR count). The van der Waals surface area contributed by atoms with Crippen molar-refractivity contribution < 1.29 is 25.2 Å². The highest BCUT2D eigenvalue weighted by atomic mass is 16.3.